The lowest BCUT2D eigenvalue weighted by molar-refractivity contribution is -0.113. The number of carbonyl (C=O) groups excluding carboxylic acids is 1. The number of amides is 1. The molecule has 1 aromatic heterocycles. The third-order valence-electron chi connectivity index (χ3n) is 4.26. The number of para-hydroxylation sites is 1. The van der Waals surface area contributed by atoms with E-state index >= 15 is 0 Å². The summed E-state index contributed by atoms with van der Waals surface area (Å²) in [5.74, 6) is 1.64. The molecule has 0 aliphatic heterocycles. The van der Waals surface area contributed by atoms with Crippen molar-refractivity contribution in [2.24, 2.45) is 0 Å². The number of nitrogens with zero attached hydrogens (tertiary/aromatic N) is 3. The molecule has 29 heavy (non-hydrogen) atoms. The normalized spacial score (nSPS) is 11.9. The predicted octanol–water partition coefficient (Wildman–Crippen LogP) is 5.13. The van der Waals surface area contributed by atoms with Gasteiger partial charge in [-0.05, 0) is 50.6 Å². The van der Waals surface area contributed by atoms with Crippen molar-refractivity contribution in [2.45, 2.75) is 38.6 Å². The van der Waals surface area contributed by atoms with Crippen molar-refractivity contribution >= 4 is 35.0 Å². The third-order valence-corrected chi connectivity index (χ3v) is 5.47. The largest absolute Gasteiger partial charge is 0.482 e. The second-order valence-corrected chi connectivity index (χ2v) is 7.84. The molecule has 0 radical (unpaired) electrons. The summed E-state index contributed by atoms with van der Waals surface area (Å²) in [6.45, 7) is 6.65. The van der Waals surface area contributed by atoms with Crippen LogP contribution >= 0.6 is 23.4 Å². The molecular formula is C21H23ClN4O2S. The summed E-state index contributed by atoms with van der Waals surface area (Å²) in [5.41, 5.74) is 1.73. The Balaban J connectivity index is 1.64. The summed E-state index contributed by atoms with van der Waals surface area (Å²) in [6.07, 6.45) is -0.266. The van der Waals surface area contributed by atoms with Gasteiger partial charge in [-0.3, -0.25) is 4.79 Å². The summed E-state index contributed by atoms with van der Waals surface area (Å²) in [7, 11) is 0. The zero-order valence-corrected chi connectivity index (χ0v) is 18.1. The molecular weight excluding hydrogens is 408 g/mol. The van der Waals surface area contributed by atoms with Gasteiger partial charge in [0, 0.05) is 17.3 Å². The van der Waals surface area contributed by atoms with E-state index in [-0.39, 0.29) is 17.8 Å². The Labute approximate surface area is 179 Å². The minimum absolute atomic E-state index is 0.131. The van der Waals surface area contributed by atoms with E-state index in [4.69, 9.17) is 16.3 Å². The molecule has 3 aromatic rings. The molecule has 152 valence electrons. The maximum atomic E-state index is 12.3. The van der Waals surface area contributed by atoms with Crippen molar-refractivity contribution in [3.8, 4) is 5.75 Å². The molecule has 1 amide bonds. The van der Waals surface area contributed by atoms with Gasteiger partial charge in [0.25, 0.3) is 0 Å². The molecule has 3 rings (SSSR count). The summed E-state index contributed by atoms with van der Waals surface area (Å²) >= 11 is 7.29. The molecule has 1 N–H and O–H groups in total. The van der Waals surface area contributed by atoms with E-state index in [0.717, 1.165) is 17.1 Å². The number of hydrogen-bond donors (Lipinski definition) is 1. The molecule has 0 aliphatic carbocycles. The van der Waals surface area contributed by atoms with Crippen molar-refractivity contribution in [3.63, 3.8) is 0 Å². The first-order chi connectivity index (χ1) is 14.0. The minimum atomic E-state index is -0.266. The Morgan fingerprint density at radius 2 is 2.03 bits per heavy atom. The number of aryl methyl sites for hydroxylation is 1. The van der Waals surface area contributed by atoms with Crippen molar-refractivity contribution < 1.29 is 9.53 Å². The number of rotatable bonds is 8. The first-order valence-corrected chi connectivity index (χ1v) is 10.7. The lowest BCUT2D eigenvalue weighted by Gasteiger charge is -2.17. The van der Waals surface area contributed by atoms with Crippen molar-refractivity contribution in [1.29, 1.82) is 0 Å². The molecule has 8 heteroatoms. The SMILES string of the molecule is CCn1c(SCC(=O)Nc2cccc(Cl)c2)nnc1C(C)Oc1ccccc1C. The second kappa shape index (κ2) is 9.80. The standard InChI is InChI=1S/C21H23ClN4O2S/c1-4-26-20(15(3)28-18-11-6-5-8-14(18)2)24-25-21(26)29-13-19(27)23-17-10-7-9-16(22)12-17/h5-12,15H,4,13H2,1-3H3,(H,23,27). The average Bonchev–Trinajstić information content (AvgIpc) is 3.11. The molecule has 1 atom stereocenters. The fourth-order valence-corrected chi connectivity index (χ4v) is 3.83. The number of carbonyl (C=O) groups is 1. The highest BCUT2D eigenvalue weighted by Gasteiger charge is 2.20. The van der Waals surface area contributed by atoms with Gasteiger partial charge in [0.05, 0.1) is 5.75 Å². The number of aromatic nitrogens is 3. The molecule has 0 saturated heterocycles. The number of benzene rings is 2. The Morgan fingerprint density at radius 3 is 2.76 bits per heavy atom. The topological polar surface area (TPSA) is 69.0 Å². The number of halogens is 1. The van der Waals surface area contributed by atoms with Crippen LogP contribution in [0.3, 0.4) is 0 Å². The zero-order chi connectivity index (χ0) is 20.8. The monoisotopic (exact) mass is 430 g/mol. The van der Waals surface area contributed by atoms with Gasteiger partial charge in [-0.1, -0.05) is 47.6 Å². The molecule has 6 nitrogen and oxygen atoms in total. The smallest absolute Gasteiger partial charge is 0.234 e. The van der Waals surface area contributed by atoms with Crippen LogP contribution < -0.4 is 10.1 Å². The minimum Gasteiger partial charge on any atom is -0.482 e. The van der Waals surface area contributed by atoms with Gasteiger partial charge >= 0.3 is 0 Å². The van der Waals surface area contributed by atoms with Gasteiger partial charge in [0.1, 0.15) is 5.75 Å². The van der Waals surface area contributed by atoms with Crippen LogP contribution in [0.25, 0.3) is 0 Å². The number of thioether (sulfide) groups is 1. The second-order valence-electron chi connectivity index (χ2n) is 6.46. The summed E-state index contributed by atoms with van der Waals surface area (Å²) in [4.78, 5) is 12.3. The van der Waals surface area contributed by atoms with E-state index in [1.165, 1.54) is 11.8 Å². The highest BCUT2D eigenvalue weighted by atomic mass is 35.5. The lowest BCUT2D eigenvalue weighted by Crippen LogP contribution is -2.15. The third kappa shape index (κ3) is 5.52. The first-order valence-electron chi connectivity index (χ1n) is 9.31. The first kappa shape index (κ1) is 21.2. The van der Waals surface area contributed by atoms with E-state index in [9.17, 15) is 4.79 Å². The number of anilines is 1. The number of nitrogens with one attached hydrogen (secondary N) is 1. The summed E-state index contributed by atoms with van der Waals surface area (Å²) < 4.78 is 8.05. The van der Waals surface area contributed by atoms with E-state index in [2.05, 4.69) is 15.5 Å². The maximum absolute atomic E-state index is 12.3. The van der Waals surface area contributed by atoms with E-state index in [0.29, 0.717) is 22.4 Å². The number of ether oxygens (including phenoxy) is 1. The lowest BCUT2D eigenvalue weighted by atomic mass is 10.2. The highest BCUT2D eigenvalue weighted by Crippen LogP contribution is 2.26. The molecule has 0 aliphatic rings. The quantitative estimate of drug-likeness (QED) is 0.501. The fourth-order valence-electron chi connectivity index (χ4n) is 2.83. The van der Waals surface area contributed by atoms with E-state index < -0.39 is 0 Å². The van der Waals surface area contributed by atoms with Crippen LogP contribution in [-0.2, 0) is 11.3 Å². The molecule has 1 unspecified atom stereocenters. The van der Waals surface area contributed by atoms with Crippen molar-refractivity contribution in [2.75, 3.05) is 11.1 Å². The van der Waals surface area contributed by atoms with Crippen LogP contribution in [0.4, 0.5) is 5.69 Å². The molecule has 0 spiro atoms. The van der Waals surface area contributed by atoms with Crippen LogP contribution in [0.5, 0.6) is 5.75 Å². The van der Waals surface area contributed by atoms with Crippen LogP contribution in [0.15, 0.2) is 53.7 Å². The van der Waals surface area contributed by atoms with Gasteiger partial charge in [-0.2, -0.15) is 0 Å². The van der Waals surface area contributed by atoms with Gasteiger partial charge in [-0.15, -0.1) is 10.2 Å². The summed E-state index contributed by atoms with van der Waals surface area (Å²) in [5, 5.41) is 12.7. The molecule has 0 fully saturated rings. The van der Waals surface area contributed by atoms with Crippen LogP contribution in [0.1, 0.15) is 31.3 Å². The van der Waals surface area contributed by atoms with Gasteiger partial charge in [0.15, 0.2) is 17.1 Å². The van der Waals surface area contributed by atoms with Crippen LogP contribution in [0.2, 0.25) is 5.02 Å². The van der Waals surface area contributed by atoms with Crippen LogP contribution in [0, 0.1) is 6.92 Å². The Morgan fingerprint density at radius 1 is 1.24 bits per heavy atom. The van der Waals surface area contributed by atoms with Crippen LogP contribution in [-0.4, -0.2) is 26.4 Å². The van der Waals surface area contributed by atoms with Gasteiger partial charge < -0.3 is 14.6 Å². The predicted molar refractivity (Wildman–Crippen MR) is 117 cm³/mol. The maximum Gasteiger partial charge on any atom is 0.234 e. The molecule has 1 heterocycles. The fraction of sp³-hybridized carbons (Fsp3) is 0.286. The highest BCUT2D eigenvalue weighted by molar-refractivity contribution is 7.99. The number of hydrogen-bond acceptors (Lipinski definition) is 5. The molecule has 2 aromatic carbocycles. The zero-order valence-electron chi connectivity index (χ0n) is 16.6. The van der Waals surface area contributed by atoms with E-state index in [1.54, 1.807) is 24.3 Å². The van der Waals surface area contributed by atoms with Crippen molar-refractivity contribution in [3.05, 3.63) is 64.9 Å². The van der Waals surface area contributed by atoms with E-state index in [1.807, 2.05) is 49.6 Å². The van der Waals surface area contributed by atoms with Crippen molar-refractivity contribution in [1.82, 2.24) is 14.8 Å². The van der Waals surface area contributed by atoms with Gasteiger partial charge in [-0.25, -0.2) is 0 Å². The average molecular weight is 431 g/mol. The van der Waals surface area contributed by atoms with Gasteiger partial charge in [0.2, 0.25) is 5.91 Å². The summed E-state index contributed by atoms with van der Waals surface area (Å²) in [6, 6.07) is 14.9. The Hall–Kier alpha value is -2.51. The molecule has 0 bridgehead atoms. The Bertz CT molecular complexity index is 992. The molecule has 0 saturated carbocycles. The Kier molecular flexibility index (Phi) is 7.17.